The van der Waals surface area contributed by atoms with E-state index in [0.29, 0.717) is 5.95 Å². The molecule has 11 heteroatoms. The summed E-state index contributed by atoms with van der Waals surface area (Å²) >= 11 is 0. The third kappa shape index (κ3) is 6.34. The summed E-state index contributed by atoms with van der Waals surface area (Å²) in [5.41, 5.74) is 16.6. The summed E-state index contributed by atoms with van der Waals surface area (Å²) in [7, 11) is -1.07. The summed E-state index contributed by atoms with van der Waals surface area (Å²) in [6.45, 7) is 0. The minimum Gasteiger partial charge on any atom is -0.393 e. The topological polar surface area (TPSA) is 182 Å². The zero-order valence-electron chi connectivity index (χ0n) is 9.19. The molecule has 0 radical (unpaired) electrons. The molecule has 10 nitrogen and oxygen atoms in total. The summed E-state index contributed by atoms with van der Waals surface area (Å²) in [4.78, 5) is 9.54. The molecule has 1 heterocycles. The van der Waals surface area contributed by atoms with Crippen LogP contribution in [0.4, 0.5) is 23.3 Å². The molecular weight excluding hydrogens is 252 g/mol. The quantitative estimate of drug-likeness (QED) is 0.380. The molecule has 0 amide bonds. The Balaban J connectivity index is 0.000000437. The molecule has 0 saturated heterocycles. The summed E-state index contributed by atoms with van der Waals surface area (Å²) in [6, 6.07) is 0. The first-order valence-electron chi connectivity index (χ1n) is 4.08. The highest BCUT2D eigenvalue weighted by molar-refractivity contribution is 7.79. The van der Waals surface area contributed by atoms with Gasteiger partial charge in [-0.1, -0.05) is 0 Å². The lowest BCUT2D eigenvalue weighted by Crippen LogP contribution is -2.16. The number of anilines is 4. The van der Waals surface area contributed by atoms with E-state index in [1.807, 2.05) is 0 Å². The van der Waals surface area contributed by atoms with Gasteiger partial charge in [-0.2, -0.15) is 18.4 Å². The average Bonchev–Trinajstić information content (AvgIpc) is 2.10. The monoisotopic (exact) mass is 266 g/mol. The fourth-order valence-electron chi connectivity index (χ4n) is 0.692. The first kappa shape index (κ1) is 15.2. The van der Waals surface area contributed by atoms with E-state index < -0.39 is 10.4 Å². The van der Waals surface area contributed by atoms with Crippen LogP contribution in [0.2, 0.25) is 0 Å². The van der Waals surface area contributed by atoms with E-state index in [4.69, 9.17) is 34.7 Å². The highest BCUT2D eigenvalue weighted by Crippen LogP contribution is 2.20. The van der Waals surface area contributed by atoms with Crippen molar-refractivity contribution in [2.75, 3.05) is 36.2 Å². The van der Waals surface area contributed by atoms with Gasteiger partial charge in [0, 0.05) is 14.1 Å². The van der Waals surface area contributed by atoms with Crippen molar-refractivity contribution in [1.29, 1.82) is 0 Å². The van der Waals surface area contributed by atoms with Crippen LogP contribution in [-0.4, -0.2) is 41.6 Å². The van der Waals surface area contributed by atoms with Crippen molar-refractivity contribution in [2.24, 2.45) is 0 Å². The molecular formula is C6H14N6O4S. The zero-order chi connectivity index (χ0) is 13.8. The smallest absolute Gasteiger partial charge is 0.393 e. The summed E-state index contributed by atoms with van der Waals surface area (Å²) in [5.74, 6) is 0.886. The van der Waals surface area contributed by atoms with Crippen LogP contribution < -0.4 is 22.1 Å². The van der Waals surface area contributed by atoms with Crippen LogP contribution in [-0.2, 0) is 10.4 Å². The molecule has 1 rings (SSSR count). The van der Waals surface area contributed by atoms with Crippen LogP contribution in [0.25, 0.3) is 0 Å². The normalized spacial score (nSPS) is 10.4. The molecule has 0 aliphatic rings. The first-order valence-corrected chi connectivity index (χ1v) is 5.47. The molecule has 1 aromatic heterocycles. The van der Waals surface area contributed by atoms with Crippen LogP contribution in [0.5, 0.6) is 0 Å². The Bertz CT molecular complexity index is 456. The van der Waals surface area contributed by atoms with Gasteiger partial charge in [0.2, 0.25) is 5.95 Å². The second kappa shape index (κ2) is 5.47. The Labute approximate surface area is 98.0 Å². The molecule has 98 valence electrons. The molecule has 0 spiro atoms. The molecule has 0 aliphatic carbocycles. The van der Waals surface area contributed by atoms with Crippen LogP contribution >= 0.6 is 0 Å². The molecule has 0 fully saturated rings. The molecule has 0 unspecified atom stereocenters. The molecule has 17 heavy (non-hydrogen) atoms. The Morgan fingerprint density at radius 2 is 1.35 bits per heavy atom. The number of nitrogens with zero attached hydrogens (tertiary/aromatic N) is 3. The number of hydrogen-bond acceptors (Lipinski definition) is 8. The SMILES string of the molecule is CN(C)c1nc(N)c(N)c(N)n1.O=S(=O)(O)O. The van der Waals surface area contributed by atoms with E-state index >= 15 is 0 Å². The van der Waals surface area contributed by atoms with Crippen molar-refractivity contribution in [1.82, 2.24) is 9.97 Å². The number of nitrogen functional groups attached to an aromatic ring is 3. The second-order valence-electron chi connectivity index (χ2n) is 3.05. The lowest BCUT2D eigenvalue weighted by atomic mass is 10.4. The van der Waals surface area contributed by atoms with Gasteiger partial charge in [0.15, 0.2) is 11.6 Å². The van der Waals surface area contributed by atoms with Gasteiger partial charge in [0.25, 0.3) is 0 Å². The van der Waals surface area contributed by atoms with Gasteiger partial charge >= 0.3 is 10.4 Å². The number of nitrogens with two attached hydrogens (primary N) is 3. The molecule has 0 saturated carbocycles. The van der Waals surface area contributed by atoms with Crippen molar-refractivity contribution in [3.63, 3.8) is 0 Å². The van der Waals surface area contributed by atoms with Gasteiger partial charge in [0.1, 0.15) is 5.69 Å². The van der Waals surface area contributed by atoms with Crippen molar-refractivity contribution in [3.8, 4) is 0 Å². The predicted molar refractivity (Wildman–Crippen MR) is 63.8 cm³/mol. The lowest BCUT2D eigenvalue weighted by Gasteiger charge is -2.12. The number of rotatable bonds is 1. The third-order valence-corrected chi connectivity index (χ3v) is 1.39. The molecule has 0 bridgehead atoms. The summed E-state index contributed by atoms with van der Waals surface area (Å²) in [6.07, 6.45) is 0. The van der Waals surface area contributed by atoms with E-state index in [9.17, 15) is 0 Å². The molecule has 0 atom stereocenters. The largest absolute Gasteiger partial charge is 0.394 e. The minimum absolute atomic E-state index is 0.214. The van der Waals surface area contributed by atoms with Gasteiger partial charge in [0.05, 0.1) is 0 Å². The minimum atomic E-state index is -4.67. The third-order valence-electron chi connectivity index (χ3n) is 1.39. The van der Waals surface area contributed by atoms with Crippen LogP contribution in [0.1, 0.15) is 0 Å². The Morgan fingerprint density at radius 1 is 1.06 bits per heavy atom. The Morgan fingerprint density at radius 3 is 1.59 bits per heavy atom. The summed E-state index contributed by atoms with van der Waals surface area (Å²) < 4.78 is 31.6. The van der Waals surface area contributed by atoms with Crippen molar-refractivity contribution < 1.29 is 17.5 Å². The zero-order valence-corrected chi connectivity index (χ0v) is 10.0. The molecule has 0 aromatic carbocycles. The van der Waals surface area contributed by atoms with E-state index in [-0.39, 0.29) is 17.3 Å². The molecule has 1 aromatic rings. The second-order valence-corrected chi connectivity index (χ2v) is 3.95. The van der Waals surface area contributed by atoms with Gasteiger partial charge in [-0.05, 0) is 0 Å². The van der Waals surface area contributed by atoms with Gasteiger partial charge in [-0.15, -0.1) is 0 Å². The average molecular weight is 266 g/mol. The highest BCUT2D eigenvalue weighted by Gasteiger charge is 2.06. The van der Waals surface area contributed by atoms with Gasteiger partial charge in [-0.25, -0.2) is 0 Å². The van der Waals surface area contributed by atoms with Crippen LogP contribution in [0.15, 0.2) is 0 Å². The molecule has 8 N–H and O–H groups in total. The fraction of sp³-hybridized carbons (Fsp3) is 0.333. The van der Waals surface area contributed by atoms with E-state index in [2.05, 4.69) is 9.97 Å². The highest BCUT2D eigenvalue weighted by atomic mass is 32.3. The fourth-order valence-corrected chi connectivity index (χ4v) is 0.692. The maximum absolute atomic E-state index is 8.74. The van der Waals surface area contributed by atoms with E-state index in [0.717, 1.165) is 0 Å². The Hall–Kier alpha value is -1.85. The van der Waals surface area contributed by atoms with Crippen molar-refractivity contribution >= 4 is 33.7 Å². The van der Waals surface area contributed by atoms with E-state index in [1.165, 1.54) is 0 Å². The maximum atomic E-state index is 8.74. The van der Waals surface area contributed by atoms with Crippen molar-refractivity contribution in [2.45, 2.75) is 0 Å². The standard InChI is InChI=1S/C6H12N6.H2O4S/c1-12(2)6-10-4(8)3(7)5(9)11-6;1-5(2,3)4/h7H2,1-2H3,(H4,8,9,10,11);(H2,1,2,3,4). The summed E-state index contributed by atoms with van der Waals surface area (Å²) in [5, 5.41) is 0. The van der Waals surface area contributed by atoms with Gasteiger partial charge in [-0.3, -0.25) is 9.11 Å². The number of aromatic nitrogens is 2. The predicted octanol–water partition coefficient (Wildman–Crippen LogP) is -1.36. The van der Waals surface area contributed by atoms with Crippen molar-refractivity contribution in [3.05, 3.63) is 0 Å². The number of hydrogen-bond donors (Lipinski definition) is 5. The molecule has 0 aliphatic heterocycles. The van der Waals surface area contributed by atoms with Crippen LogP contribution in [0.3, 0.4) is 0 Å². The Kier molecular flexibility index (Phi) is 4.87. The lowest BCUT2D eigenvalue weighted by molar-refractivity contribution is 0.381. The van der Waals surface area contributed by atoms with Gasteiger partial charge < -0.3 is 22.1 Å². The first-order chi connectivity index (χ1) is 7.52. The van der Waals surface area contributed by atoms with Crippen LogP contribution in [0, 0.1) is 0 Å². The maximum Gasteiger partial charge on any atom is 0.394 e. The van der Waals surface area contributed by atoms with E-state index in [1.54, 1.807) is 19.0 Å².